The van der Waals surface area contributed by atoms with Crippen molar-refractivity contribution in [1.82, 2.24) is 5.32 Å². The van der Waals surface area contributed by atoms with Crippen LogP contribution in [0.4, 0.5) is 0 Å². The fourth-order valence-corrected chi connectivity index (χ4v) is 7.06. The quantitative estimate of drug-likeness (QED) is 0.0480. The lowest BCUT2D eigenvalue weighted by atomic mass is 9.97. The van der Waals surface area contributed by atoms with Crippen LogP contribution in [0.25, 0.3) is 0 Å². The minimum absolute atomic E-state index is 0.212. The predicted octanol–water partition coefficient (Wildman–Crippen LogP) is 2.70. The summed E-state index contributed by atoms with van der Waals surface area (Å²) in [6.45, 7) is 2.76. The summed E-state index contributed by atoms with van der Waals surface area (Å²) in [4.78, 5) is 13.0. The van der Waals surface area contributed by atoms with Crippen LogP contribution < -0.4 is 5.32 Å². The van der Waals surface area contributed by atoms with Crippen molar-refractivity contribution in [1.29, 1.82) is 0 Å². The van der Waals surface area contributed by atoms with Crippen molar-refractivity contribution in [2.24, 2.45) is 0 Å². The van der Waals surface area contributed by atoms with Crippen LogP contribution in [0.5, 0.6) is 0 Å². The molecule has 314 valence electrons. The largest absolute Gasteiger partial charge is 0.394 e. The number of ether oxygens (including phenoxy) is 4. The molecule has 2 aliphatic heterocycles. The summed E-state index contributed by atoms with van der Waals surface area (Å²) < 4.78 is 22.6. The molecule has 2 heterocycles. The van der Waals surface area contributed by atoms with Gasteiger partial charge in [-0.25, -0.2) is 0 Å². The number of carbonyl (C=O) groups is 1. The lowest BCUT2D eigenvalue weighted by Crippen LogP contribution is -2.65. The van der Waals surface area contributed by atoms with Crippen LogP contribution in [0.1, 0.15) is 149 Å². The Morgan fingerprint density at radius 3 is 1.60 bits per heavy atom. The zero-order valence-corrected chi connectivity index (χ0v) is 32.5. The molecule has 0 radical (unpaired) electrons. The van der Waals surface area contributed by atoms with Gasteiger partial charge in [-0.2, -0.15) is 0 Å². The summed E-state index contributed by atoms with van der Waals surface area (Å²) in [5.74, 6) is -0.212. The van der Waals surface area contributed by atoms with E-state index in [-0.39, 0.29) is 12.5 Å². The van der Waals surface area contributed by atoms with Crippen molar-refractivity contribution in [2.45, 2.75) is 222 Å². The highest BCUT2D eigenvalue weighted by molar-refractivity contribution is 5.76. The van der Waals surface area contributed by atoms with Crippen LogP contribution in [0.2, 0.25) is 0 Å². The molecule has 2 rings (SSSR count). The van der Waals surface area contributed by atoms with Crippen LogP contribution in [-0.2, 0) is 23.7 Å². The highest BCUT2D eigenvalue weighted by Gasteiger charge is 2.50. The Bertz CT molecular complexity index is 915. The summed E-state index contributed by atoms with van der Waals surface area (Å²) in [6.07, 6.45) is 5.78. The van der Waals surface area contributed by atoms with Gasteiger partial charge in [0.25, 0.3) is 0 Å². The van der Waals surface area contributed by atoms with Gasteiger partial charge < -0.3 is 65.1 Å². The summed E-state index contributed by atoms with van der Waals surface area (Å²) in [6, 6.07) is -0.816. The van der Waals surface area contributed by atoms with E-state index < -0.39 is 86.8 Å². The van der Waals surface area contributed by atoms with E-state index in [2.05, 4.69) is 19.2 Å². The van der Waals surface area contributed by atoms with Gasteiger partial charge in [0, 0.05) is 6.42 Å². The number of amides is 1. The lowest BCUT2D eigenvalue weighted by molar-refractivity contribution is -0.359. The highest BCUT2D eigenvalue weighted by atomic mass is 16.7. The van der Waals surface area contributed by atoms with Crippen LogP contribution in [0, 0.1) is 0 Å². The van der Waals surface area contributed by atoms with Crippen molar-refractivity contribution in [2.75, 3.05) is 19.8 Å². The van der Waals surface area contributed by atoms with Crippen molar-refractivity contribution in [3.63, 3.8) is 0 Å². The van der Waals surface area contributed by atoms with Crippen molar-refractivity contribution in [3.05, 3.63) is 0 Å². The minimum atomic E-state index is -1.78. The molecule has 14 heteroatoms. The first-order valence-corrected chi connectivity index (χ1v) is 20.8. The van der Waals surface area contributed by atoms with Crippen LogP contribution in [0.3, 0.4) is 0 Å². The predicted molar refractivity (Wildman–Crippen MR) is 199 cm³/mol. The molecule has 14 nitrogen and oxygen atoms in total. The Kier molecular flexibility index (Phi) is 25.8. The molecular weight excluding hydrogens is 690 g/mol. The second-order valence-corrected chi connectivity index (χ2v) is 15.1. The first kappa shape index (κ1) is 48.1. The van der Waals surface area contributed by atoms with E-state index in [4.69, 9.17) is 18.9 Å². The van der Waals surface area contributed by atoms with Crippen LogP contribution in [0.15, 0.2) is 0 Å². The number of aliphatic hydroxyl groups is 8. The standard InChI is InChI=1S/C39H75NO13/c1-3-5-7-9-11-12-13-14-15-17-19-21-23-31(44)40-27(28(43)22-20-18-16-10-8-6-4-2)26-50-38-36(49)34(47)37(30(25-42)52-38)53-39-35(48)33(46)32(45)29(24-41)51-39/h27-30,32-39,41-43,45-49H,3-26H2,1-2H3,(H,40,44). The smallest absolute Gasteiger partial charge is 0.220 e. The second kappa shape index (κ2) is 28.4. The number of unbranched alkanes of at least 4 members (excludes halogenated alkanes) is 17. The number of rotatable bonds is 30. The van der Waals surface area contributed by atoms with Gasteiger partial charge in [-0.05, 0) is 12.8 Å². The van der Waals surface area contributed by atoms with Gasteiger partial charge in [-0.1, -0.05) is 129 Å². The second-order valence-electron chi connectivity index (χ2n) is 15.1. The molecular formula is C39H75NO13. The summed E-state index contributed by atoms with van der Waals surface area (Å²) in [5, 5.41) is 86.1. The molecule has 0 aromatic heterocycles. The maximum atomic E-state index is 13.0. The molecule has 0 bridgehead atoms. The van der Waals surface area contributed by atoms with E-state index in [1.54, 1.807) is 0 Å². The number of hydrogen-bond donors (Lipinski definition) is 9. The molecule has 12 atom stereocenters. The third-order valence-corrected chi connectivity index (χ3v) is 10.6. The van der Waals surface area contributed by atoms with Gasteiger partial charge in [0.15, 0.2) is 12.6 Å². The monoisotopic (exact) mass is 766 g/mol. The first-order valence-electron chi connectivity index (χ1n) is 20.8. The fourth-order valence-electron chi connectivity index (χ4n) is 7.06. The van der Waals surface area contributed by atoms with Gasteiger partial charge in [0.05, 0.1) is 32.0 Å². The van der Waals surface area contributed by atoms with Crippen molar-refractivity contribution < 1.29 is 64.6 Å². The molecule has 0 aliphatic carbocycles. The van der Waals surface area contributed by atoms with E-state index in [0.717, 1.165) is 51.4 Å². The number of nitrogens with one attached hydrogen (secondary N) is 1. The van der Waals surface area contributed by atoms with Crippen molar-refractivity contribution >= 4 is 5.91 Å². The van der Waals surface area contributed by atoms with E-state index in [1.807, 2.05) is 0 Å². The molecule has 53 heavy (non-hydrogen) atoms. The van der Waals surface area contributed by atoms with Gasteiger partial charge in [-0.15, -0.1) is 0 Å². The Hall–Kier alpha value is -1.01. The Labute approximate surface area is 317 Å². The zero-order valence-electron chi connectivity index (χ0n) is 32.5. The minimum Gasteiger partial charge on any atom is -0.394 e. The third kappa shape index (κ3) is 17.8. The molecule has 2 fully saturated rings. The van der Waals surface area contributed by atoms with Gasteiger partial charge in [-0.3, -0.25) is 4.79 Å². The van der Waals surface area contributed by atoms with E-state index in [9.17, 15) is 45.6 Å². The summed E-state index contributed by atoms with van der Waals surface area (Å²) in [5.41, 5.74) is 0. The normalized spacial score (nSPS) is 30.3. The Morgan fingerprint density at radius 1 is 0.604 bits per heavy atom. The number of carbonyl (C=O) groups excluding carboxylic acids is 1. The van der Waals surface area contributed by atoms with Gasteiger partial charge in [0.1, 0.15) is 48.8 Å². The third-order valence-electron chi connectivity index (χ3n) is 10.6. The fraction of sp³-hybridized carbons (Fsp3) is 0.974. The van der Waals surface area contributed by atoms with Crippen molar-refractivity contribution in [3.8, 4) is 0 Å². The summed E-state index contributed by atoms with van der Waals surface area (Å²) in [7, 11) is 0. The average molecular weight is 766 g/mol. The molecule has 1 amide bonds. The number of hydrogen-bond acceptors (Lipinski definition) is 13. The topological polar surface area (TPSA) is 228 Å². The zero-order chi connectivity index (χ0) is 39.0. The SMILES string of the molecule is CCCCCCCCCCCCCCC(=O)NC(COC1OC(CO)C(OC2OC(CO)C(O)C(O)C2O)C(O)C1O)C(O)CCCCCCCCC. The van der Waals surface area contributed by atoms with Gasteiger partial charge >= 0.3 is 0 Å². The first-order chi connectivity index (χ1) is 25.6. The number of aliphatic hydroxyl groups excluding tert-OH is 8. The van der Waals surface area contributed by atoms with Crippen LogP contribution in [-0.4, -0.2) is 140 Å². The maximum Gasteiger partial charge on any atom is 0.220 e. The van der Waals surface area contributed by atoms with Gasteiger partial charge in [0.2, 0.25) is 5.91 Å². The molecule has 2 saturated heterocycles. The lowest BCUT2D eigenvalue weighted by Gasteiger charge is -2.46. The van der Waals surface area contributed by atoms with E-state index in [0.29, 0.717) is 12.8 Å². The Balaban J connectivity index is 1.90. The molecule has 9 N–H and O–H groups in total. The maximum absolute atomic E-state index is 13.0. The van der Waals surface area contributed by atoms with E-state index >= 15 is 0 Å². The molecule has 0 saturated carbocycles. The molecule has 12 unspecified atom stereocenters. The molecule has 0 aromatic rings. The molecule has 0 aromatic carbocycles. The van der Waals surface area contributed by atoms with E-state index in [1.165, 1.54) is 70.6 Å². The average Bonchev–Trinajstić information content (AvgIpc) is 3.15. The molecule has 0 spiro atoms. The highest BCUT2D eigenvalue weighted by Crippen LogP contribution is 2.30. The molecule has 2 aliphatic rings. The Morgan fingerprint density at radius 2 is 1.08 bits per heavy atom. The van der Waals surface area contributed by atoms with Crippen LogP contribution >= 0.6 is 0 Å². The summed E-state index contributed by atoms with van der Waals surface area (Å²) >= 11 is 0.